The third kappa shape index (κ3) is 9.34. The van der Waals surface area contributed by atoms with Crippen LogP contribution in [0.2, 0.25) is 0 Å². The Morgan fingerprint density at radius 2 is 0.839 bits per heavy atom. The predicted octanol–water partition coefficient (Wildman–Crippen LogP) is 10.0. The summed E-state index contributed by atoms with van der Waals surface area (Å²) in [5, 5.41) is 0. The van der Waals surface area contributed by atoms with E-state index in [9.17, 15) is 0 Å². The summed E-state index contributed by atoms with van der Waals surface area (Å²) in [5.74, 6) is 0. The molecule has 0 N–H and O–H groups in total. The van der Waals surface area contributed by atoms with Gasteiger partial charge in [0.05, 0.1) is 0 Å². The average molecular weight is 935 g/mol. The Morgan fingerprint density at radius 1 is 0.452 bits per heavy atom. The molecule has 6 aromatic carbocycles. The smallest absolute Gasteiger partial charge is 1.00 e. The van der Waals surface area contributed by atoms with Gasteiger partial charge in [-0.3, -0.25) is 0 Å². The molecule has 0 spiro atoms. The molecule has 0 aliphatic heterocycles. The average Bonchev–Trinajstić information content (AvgIpc) is 3.85. The number of fused-ring (bicyclic) bond motifs is 3. The molecular weight excluding hydrogens is 871 g/mol. The van der Waals surface area contributed by atoms with Gasteiger partial charge in [-0.15, -0.1) is 0 Å². The molecule has 3 heteroatoms. The molecule has 0 unspecified atom stereocenters. The van der Waals surface area contributed by atoms with Crippen molar-refractivity contribution in [2.45, 2.75) is 115 Å². The van der Waals surface area contributed by atoms with Gasteiger partial charge in [0.25, 0.3) is 0 Å². The number of allylic oxidation sites excluding steroid dienone is 4. The molecule has 0 atom stereocenters. The van der Waals surface area contributed by atoms with Gasteiger partial charge in [-0.2, -0.15) is 0 Å². The standard InChI is InChI=1S/C33H33.C21H26.C5H5.2ClH.Zr/c1-32(2,3)30-20-26-24(18-28(30)22-13-9-7-10-14-22)17-25-19-29(23-15-11-8-12-16-23)31(21-27(25)26)33(4,5)6;1-20(2,3)18-11-7-16(8-12-18)15-17-9-13-19(14-10-17)21(4,5)6;1-2-4-5-3-1;;;/h7-21H,1-6H3;7-14H,1-6H3;1-3H,4H2;2*1H;/q;;;;;+2/p-2. The molecule has 318 valence electrons. The minimum Gasteiger partial charge on any atom is -1.00 e. The molecule has 0 fully saturated rings. The molecule has 0 bridgehead atoms. The van der Waals surface area contributed by atoms with Crippen LogP contribution in [0.5, 0.6) is 0 Å². The van der Waals surface area contributed by atoms with E-state index in [1.165, 1.54) is 77.9 Å². The maximum absolute atomic E-state index is 3.04. The Morgan fingerprint density at radius 3 is 1.16 bits per heavy atom. The van der Waals surface area contributed by atoms with Gasteiger partial charge < -0.3 is 24.8 Å². The molecule has 0 nitrogen and oxygen atoms in total. The zero-order valence-electron chi connectivity index (χ0n) is 39.0. The molecule has 0 heterocycles. The van der Waals surface area contributed by atoms with Crippen molar-refractivity contribution >= 4 is 3.21 Å². The van der Waals surface area contributed by atoms with Crippen LogP contribution in [0.4, 0.5) is 0 Å². The first kappa shape index (κ1) is 47.6. The van der Waals surface area contributed by atoms with Crippen molar-refractivity contribution in [2.24, 2.45) is 0 Å². The van der Waals surface area contributed by atoms with Crippen LogP contribution in [-0.4, -0.2) is 3.21 Å². The largest absolute Gasteiger partial charge is 1.00 e. The van der Waals surface area contributed by atoms with Crippen molar-refractivity contribution in [3.8, 4) is 33.4 Å². The zero-order valence-corrected chi connectivity index (χ0v) is 42.9. The Kier molecular flexibility index (Phi) is 13.8. The normalized spacial score (nSPS) is 13.6. The number of halogens is 2. The molecule has 8 rings (SSSR count). The van der Waals surface area contributed by atoms with Crippen LogP contribution in [-0.2, 0) is 42.9 Å². The van der Waals surface area contributed by atoms with Gasteiger partial charge in [-0.05, 0) is 0 Å². The van der Waals surface area contributed by atoms with Crippen LogP contribution in [0.25, 0.3) is 33.4 Å². The molecule has 0 aromatic heterocycles. The predicted molar refractivity (Wildman–Crippen MR) is 257 cm³/mol. The van der Waals surface area contributed by atoms with Gasteiger partial charge in [0.15, 0.2) is 0 Å². The number of hydrogen-bond donors (Lipinski definition) is 0. The van der Waals surface area contributed by atoms with Crippen molar-refractivity contribution in [2.75, 3.05) is 0 Å². The summed E-state index contributed by atoms with van der Waals surface area (Å²) in [6.07, 6.45) is 8.29. The first-order valence-electron chi connectivity index (χ1n) is 22.1. The van der Waals surface area contributed by atoms with E-state index in [0.717, 1.165) is 6.42 Å². The number of hydrogen-bond acceptors (Lipinski definition) is 0. The zero-order chi connectivity index (χ0) is 42.8. The van der Waals surface area contributed by atoms with Crippen molar-refractivity contribution < 1.29 is 46.1 Å². The Bertz CT molecular complexity index is 2480. The van der Waals surface area contributed by atoms with Gasteiger partial charge in [-0.1, -0.05) is 0 Å². The third-order valence-electron chi connectivity index (χ3n) is 12.8. The second-order valence-electron chi connectivity index (χ2n) is 21.4. The van der Waals surface area contributed by atoms with Gasteiger partial charge >= 0.3 is 372 Å². The van der Waals surface area contributed by atoms with Crippen LogP contribution in [0.3, 0.4) is 0 Å². The van der Waals surface area contributed by atoms with E-state index in [2.05, 4.69) is 235 Å². The van der Waals surface area contributed by atoms with Gasteiger partial charge in [0, 0.05) is 0 Å². The quantitative estimate of drug-likeness (QED) is 0.156. The molecule has 0 saturated carbocycles. The minimum absolute atomic E-state index is 0. The van der Waals surface area contributed by atoms with E-state index in [0.29, 0.717) is 0 Å². The van der Waals surface area contributed by atoms with E-state index in [1.807, 2.05) is 0 Å². The van der Waals surface area contributed by atoms with Crippen LogP contribution >= 0.6 is 0 Å². The Labute approximate surface area is 394 Å². The summed E-state index contributed by atoms with van der Waals surface area (Å²) in [6.45, 7) is 28.3. The van der Waals surface area contributed by atoms with E-state index in [-0.39, 0.29) is 50.1 Å². The van der Waals surface area contributed by atoms with Crippen LogP contribution < -0.4 is 24.8 Å². The summed E-state index contributed by atoms with van der Waals surface area (Å²) in [6, 6.07) is 52.4. The van der Waals surface area contributed by atoms with Gasteiger partial charge in [0.2, 0.25) is 0 Å². The van der Waals surface area contributed by atoms with E-state index >= 15 is 0 Å². The minimum atomic E-state index is -3.04. The summed E-state index contributed by atoms with van der Waals surface area (Å²) in [4.78, 5) is 0. The SMILES string of the molecule is CC(C)(C)c1ccc([C](c2ccc(C(C)(C)C)cc2)=[Zr+2]([C]2=CC=CC2)[CH]2c3cc(-c4ccccc4)c(C(C)(C)C)cc3-c3cc(C(C)(C)C)c(-c4ccccc4)cc32)cc1.[Cl-].[Cl-]. The first-order valence-corrected chi connectivity index (χ1v) is 26.0. The van der Waals surface area contributed by atoms with E-state index in [1.54, 1.807) is 6.49 Å². The molecule has 6 aromatic rings. The summed E-state index contributed by atoms with van der Waals surface area (Å²) in [7, 11) is 0. The fourth-order valence-corrected chi connectivity index (χ4v) is 18.5. The number of rotatable bonds is 6. The van der Waals surface area contributed by atoms with Gasteiger partial charge in [-0.25, -0.2) is 0 Å². The van der Waals surface area contributed by atoms with Gasteiger partial charge in [0.1, 0.15) is 0 Å². The molecule has 62 heavy (non-hydrogen) atoms. The van der Waals surface area contributed by atoms with Crippen LogP contribution in [0.15, 0.2) is 155 Å². The van der Waals surface area contributed by atoms with Crippen LogP contribution in [0.1, 0.15) is 138 Å². The number of benzene rings is 6. The Hall–Kier alpha value is -3.87. The van der Waals surface area contributed by atoms with Crippen molar-refractivity contribution in [1.82, 2.24) is 0 Å². The third-order valence-corrected chi connectivity index (χ3v) is 21.1. The molecule has 0 saturated heterocycles. The second kappa shape index (κ2) is 18.0. The summed E-state index contributed by atoms with van der Waals surface area (Å²) >= 11 is -3.04. The monoisotopic (exact) mass is 932 g/mol. The van der Waals surface area contributed by atoms with Crippen LogP contribution in [0, 0.1) is 0 Å². The van der Waals surface area contributed by atoms with Crippen molar-refractivity contribution in [3.05, 3.63) is 199 Å². The molecular formula is C59H64Cl2Zr. The fraction of sp³-hybridized carbons (Fsp3) is 0.305. The summed E-state index contributed by atoms with van der Waals surface area (Å²) < 4.78 is 3.54. The molecule has 0 radical (unpaired) electrons. The fourth-order valence-electron chi connectivity index (χ4n) is 9.50. The first-order chi connectivity index (χ1) is 28.3. The van der Waals surface area contributed by atoms with E-state index < -0.39 is 21.3 Å². The summed E-state index contributed by atoms with van der Waals surface area (Å²) in [5.41, 5.74) is 19.6. The molecule has 2 aliphatic carbocycles. The maximum atomic E-state index is 2.65. The van der Waals surface area contributed by atoms with Crippen molar-refractivity contribution in [3.63, 3.8) is 0 Å². The topological polar surface area (TPSA) is 0 Å². The molecule has 0 amide bonds. The molecule has 2 aliphatic rings. The maximum Gasteiger partial charge on any atom is -1.00 e. The second-order valence-corrected chi connectivity index (χ2v) is 27.7. The Balaban J connectivity index is 0.00000321. The van der Waals surface area contributed by atoms with Crippen molar-refractivity contribution in [1.29, 1.82) is 0 Å². The van der Waals surface area contributed by atoms with E-state index in [4.69, 9.17) is 0 Å².